The third-order valence-electron chi connectivity index (χ3n) is 11.5. The predicted octanol–water partition coefficient (Wildman–Crippen LogP) is 5.82. The van der Waals surface area contributed by atoms with E-state index in [0.717, 1.165) is 12.8 Å². The second kappa shape index (κ2) is 13.3. The Morgan fingerprint density at radius 1 is 1.02 bits per heavy atom. The highest BCUT2D eigenvalue weighted by Gasteiger charge is 2.83. The number of allylic oxidation sites excluding steroid dienone is 4. The summed E-state index contributed by atoms with van der Waals surface area (Å²) in [6.45, 7) is 9.15. The van der Waals surface area contributed by atoms with Crippen LogP contribution in [0.3, 0.4) is 0 Å². The summed E-state index contributed by atoms with van der Waals surface area (Å²) in [6, 6.07) is 8.39. The summed E-state index contributed by atoms with van der Waals surface area (Å²) in [5.74, 6) is -3.48. The molecule has 2 fully saturated rings. The second-order valence-electron chi connectivity index (χ2n) is 14.6. The lowest BCUT2D eigenvalue weighted by atomic mass is 9.59. The van der Waals surface area contributed by atoms with E-state index in [4.69, 9.17) is 9.47 Å². The highest BCUT2D eigenvalue weighted by molar-refractivity contribution is 5.96. The zero-order valence-corrected chi connectivity index (χ0v) is 28.3. The smallest absolute Gasteiger partial charge is 0.338 e. The number of fused-ring (bicyclic) bond motifs is 3. The average Bonchev–Trinajstić information content (AvgIpc) is 3.46. The van der Waals surface area contributed by atoms with Crippen molar-refractivity contribution in [3.63, 3.8) is 0 Å². The van der Waals surface area contributed by atoms with Gasteiger partial charge in [-0.1, -0.05) is 102 Å². The maximum atomic E-state index is 14.8. The van der Waals surface area contributed by atoms with Gasteiger partial charge in [-0.15, -0.1) is 0 Å². The number of ether oxygens (including phenoxy) is 2. The SMILES string of the molecule is CCCCCCC/C=C/C=C/C(=O)O[C@@]12C[C@@H](C)C34C=C(C)[C@H](O)[C@@]3(O)[C@H](O)C(COC(=O)c3ccccc3)=C[C@H](C4=O)[C@@H]1C2(C)C. The molecular formula is C39H50O8. The molecule has 8 heteroatoms. The van der Waals surface area contributed by atoms with Gasteiger partial charge in [0.1, 0.15) is 30.0 Å². The number of aliphatic hydroxyl groups excluding tert-OH is 2. The Balaban J connectivity index is 1.44. The lowest BCUT2D eigenvalue weighted by Gasteiger charge is -2.48. The van der Waals surface area contributed by atoms with Crippen LogP contribution < -0.4 is 0 Å². The molecule has 5 rings (SSSR count). The van der Waals surface area contributed by atoms with Gasteiger partial charge in [0.15, 0.2) is 5.78 Å². The number of rotatable bonds is 12. The van der Waals surface area contributed by atoms with Gasteiger partial charge in [-0.2, -0.15) is 0 Å². The van der Waals surface area contributed by atoms with Gasteiger partial charge in [0.05, 0.1) is 11.0 Å². The van der Waals surface area contributed by atoms with Crippen LogP contribution in [0.5, 0.6) is 0 Å². The van der Waals surface area contributed by atoms with Crippen LogP contribution in [0.2, 0.25) is 0 Å². The van der Waals surface area contributed by atoms with Gasteiger partial charge < -0.3 is 24.8 Å². The highest BCUT2D eigenvalue weighted by Crippen LogP contribution is 2.75. The molecule has 1 spiro atoms. The van der Waals surface area contributed by atoms with Crippen LogP contribution in [-0.2, 0) is 19.1 Å². The molecule has 1 aromatic rings. The van der Waals surface area contributed by atoms with Crippen molar-refractivity contribution < 1.29 is 39.2 Å². The van der Waals surface area contributed by atoms with Gasteiger partial charge in [-0.05, 0) is 55.4 Å². The fourth-order valence-electron chi connectivity index (χ4n) is 8.91. The summed E-state index contributed by atoms with van der Waals surface area (Å²) in [5.41, 5.74) is -4.84. The summed E-state index contributed by atoms with van der Waals surface area (Å²) in [4.78, 5) is 40.9. The Bertz CT molecular complexity index is 1490. The van der Waals surface area contributed by atoms with Crippen molar-refractivity contribution in [2.75, 3.05) is 6.61 Å². The molecule has 0 aliphatic heterocycles. The van der Waals surface area contributed by atoms with Crippen molar-refractivity contribution in [1.82, 2.24) is 0 Å². The maximum Gasteiger partial charge on any atom is 0.338 e. The molecule has 0 heterocycles. The van der Waals surface area contributed by atoms with Crippen LogP contribution in [0.15, 0.2) is 77.9 Å². The number of esters is 2. The van der Waals surface area contributed by atoms with Crippen molar-refractivity contribution in [3.05, 3.63) is 83.5 Å². The second-order valence-corrected chi connectivity index (χ2v) is 14.6. The molecule has 4 aliphatic carbocycles. The summed E-state index contributed by atoms with van der Waals surface area (Å²) < 4.78 is 11.9. The molecule has 0 radical (unpaired) electrons. The van der Waals surface area contributed by atoms with E-state index < -0.39 is 70.5 Å². The number of benzene rings is 1. The van der Waals surface area contributed by atoms with E-state index in [0.29, 0.717) is 11.1 Å². The van der Waals surface area contributed by atoms with Gasteiger partial charge in [0.25, 0.3) is 0 Å². The summed E-state index contributed by atoms with van der Waals surface area (Å²) in [5, 5.41) is 35.6. The number of carbonyl (C=O) groups excluding carboxylic acids is 3. The minimum atomic E-state index is -2.32. The predicted molar refractivity (Wildman–Crippen MR) is 178 cm³/mol. The molecule has 3 N–H and O–H groups in total. The molecule has 254 valence electrons. The Morgan fingerprint density at radius 3 is 2.43 bits per heavy atom. The lowest BCUT2D eigenvalue weighted by molar-refractivity contribution is -0.191. The fraction of sp³-hybridized carbons (Fsp3) is 0.564. The zero-order valence-electron chi connectivity index (χ0n) is 28.3. The van der Waals surface area contributed by atoms with E-state index in [2.05, 4.69) is 6.92 Å². The molecule has 2 bridgehead atoms. The van der Waals surface area contributed by atoms with E-state index in [1.807, 2.05) is 26.0 Å². The van der Waals surface area contributed by atoms with Gasteiger partial charge in [-0.25, -0.2) is 9.59 Å². The standard InChI is InChI=1S/C39H50O8/c1-6-7-8-9-10-11-12-13-17-20-30(40)47-38-23-26(3)37-22-25(2)32(41)39(37,45)33(42)28(21-29(34(37)43)31(38)36(38,4)5)24-46-35(44)27-18-15-14-16-19-27/h12-22,26,29,31-33,41-42,45H,6-11,23-24H2,1-5H3/b13-12+,20-17+/t26-,29+,31-,32+,33-,37?,38+,39-/m1/s1. The molecule has 47 heavy (non-hydrogen) atoms. The van der Waals surface area contributed by atoms with Crippen LogP contribution in [0.1, 0.15) is 89.9 Å². The molecule has 2 saturated carbocycles. The Hall–Kier alpha value is -3.33. The molecular weight excluding hydrogens is 596 g/mol. The number of aliphatic hydroxyl groups is 3. The maximum absolute atomic E-state index is 14.8. The number of hydrogen-bond acceptors (Lipinski definition) is 8. The Morgan fingerprint density at radius 2 is 1.72 bits per heavy atom. The molecule has 8 atom stereocenters. The first-order chi connectivity index (χ1) is 22.3. The lowest BCUT2D eigenvalue weighted by Crippen LogP contribution is -2.65. The normalized spacial score (nSPS) is 35.4. The Kier molecular flexibility index (Phi) is 9.89. The van der Waals surface area contributed by atoms with Crippen LogP contribution in [0, 0.1) is 28.6 Å². The molecule has 4 aliphatic rings. The largest absolute Gasteiger partial charge is 0.457 e. The minimum absolute atomic E-state index is 0.121. The average molecular weight is 647 g/mol. The molecule has 1 unspecified atom stereocenters. The monoisotopic (exact) mass is 646 g/mol. The van der Waals surface area contributed by atoms with Crippen molar-refractivity contribution in [2.24, 2.45) is 28.6 Å². The fourth-order valence-corrected chi connectivity index (χ4v) is 8.91. The molecule has 0 amide bonds. The summed E-state index contributed by atoms with van der Waals surface area (Å²) in [7, 11) is 0. The van der Waals surface area contributed by atoms with Crippen LogP contribution in [0.4, 0.5) is 0 Å². The van der Waals surface area contributed by atoms with Gasteiger partial charge in [-0.3, -0.25) is 4.79 Å². The number of Topliss-reactive ketones (excluding diaryl/α,β-unsaturated/α-hetero) is 1. The first kappa shape index (κ1) is 35.0. The quantitative estimate of drug-likeness (QED) is 0.0852. The molecule has 1 aromatic carbocycles. The summed E-state index contributed by atoms with van der Waals surface area (Å²) in [6.07, 6.45) is 14.1. The van der Waals surface area contributed by atoms with Gasteiger partial charge in [0.2, 0.25) is 0 Å². The number of unbranched alkanes of at least 4 members (excludes halogenated alkanes) is 5. The van der Waals surface area contributed by atoms with Crippen molar-refractivity contribution >= 4 is 17.7 Å². The van der Waals surface area contributed by atoms with E-state index in [1.54, 1.807) is 62.4 Å². The first-order valence-electron chi connectivity index (χ1n) is 17.1. The third-order valence-corrected chi connectivity index (χ3v) is 11.5. The van der Waals surface area contributed by atoms with Crippen LogP contribution in [0.25, 0.3) is 0 Å². The number of carbonyl (C=O) groups is 3. The minimum Gasteiger partial charge on any atom is -0.457 e. The van der Waals surface area contributed by atoms with Crippen LogP contribution in [-0.4, -0.2) is 63.1 Å². The topological polar surface area (TPSA) is 130 Å². The molecule has 8 nitrogen and oxygen atoms in total. The summed E-state index contributed by atoms with van der Waals surface area (Å²) >= 11 is 0. The van der Waals surface area contributed by atoms with Gasteiger partial charge in [0, 0.05) is 23.3 Å². The van der Waals surface area contributed by atoms with E-state index in [-0.39, 0.29) is 17.8 Å². The van der Waals surface area contributed by atoms with E-state index in [9.17, 15) is 29.7 Å². The van der Waals surface area contributed by atoms with Crippen molar-refractivity contribution in [1.29, 1.82) is 0 Å². The first-order valence-corrected chi connectivity index (χ1v) is 17.1. The number of ketones is 1. The van der Waals surface area contributed by atoms with E-state index in [1.165, 1.54) is 31.8 Å². The van der Waals surface area contributed by atoms with E-state index >= 15 is 0 Å². The molecule has 0 aromatic heterocycles. The zero-order chi connectivity index (χ0) is 34.2. The van der Waals surface area contributed by atoms with Crippen molar-refractivity contribution in [2.45, 2.75) is 103 Å². The highest BCUT2D eigenvalue weighted by atomic mass is 16.6. The Labute approximate surface area is 278 Å². The molecule has 0 saturated heterocycles. The number of hydrogen-bond donors (Lipinski definition) is 3. The van der Waals surface area contributed by atoms with Gasteiger partial charge >= 0.3 is 11.9 Å². The third kappa shape index (κ3) is 5.66. The van der Waals surface area contributed by atoms with Crippen molar-refractivity contribution in [3.8, 4) is 0 Å². The van der Waals surface area contributed by atoms with Crippen LogP contribution >= 0.6 is 0 Å².